The first-order valence-electron chi connectivity index (χ1n) is 5.09. The Morgan fingerprint density at radius 3 is 2.60 bits per heavy atom. The second-order valence-electron chi connectivity index (χ2n) is 3.56. The van der Waals surface area contributed by atoms with Gasteiger partial charge in [0, 0.05) is 4.88 Å². The third-order valence-electron chi connectivity index (χ3n) is 2.42. The van der Waals surface area contributed by atoms with Crippen LogP contribution in [0.3, 0.4) is 0 Å². The van der Waals surface area contributed by atoms with Gasteiger partial charge in [0.15, 0.2) is 0 Å². The number of carboxylic acids is 1. The van der Waals surface area contributed by atoms with Crippen LogP contribution in [0.15, 0.2) is 0 Å². The molecule has 0 spiro atoms. The first-order valence-corrected chi connectivity index (χ1v) is 6.28. The molecule has 0 fully saturated rings. The lowest BCUT2D eigenvalue weighted by Crippen LogP contribution is -1.98. The lowest BCUT2D eigenvalue weighted by atomic mass is 10.1. The summed E-state index contributed by atoms with van der Waals surface area (Å²) in [5.41, 5.74) is 1.13. The van der Waals surface area contributed by atoms with Crippen LogP contribution in [0.4, 0.5) is 0 Å². The Balaban J connectivity index is 2.82. The molecule has 0 aliphatic heterocycles. The van der Waals surface area contributed by atoms with Crippen molar-refractivity contribution in [1.82, 2.24) is 0 Å². The number of hydrogen-bond donors (Lipinski definition) is 1. The highest BCUT2D eigenvalue weighted by Crippen LogP contribution is 2.33. The van der Waals surface area contributed by atoms with Crippen LogP contribution in [0.1, 0.15) is 47.0 Å². The second kappa shape index (κ2) is 5.52. The van der Waals surface area contributed by atoms with E-state index in [1.165, 1.54) is 24.2 Å². The van der Waals surface area contributed by atoms with Gasteiger partial charge in [-0.25, -0.2) is 4.79 Å². The van der Waals surface area contributed by atoms with Gasteiger partial charge in [-0.05, 0) is 25.3 Å². The van der Waals surface area contributed by atoms with Crippen molar-refractivity contribution in [3.63, 3.8) is 0 Å². The molecule has 0 aromatic carbocycles. The Morgan fingerprint density at radius 2 is 2.13 bits per heavy atom. The van der Waals surface area contributed by atoms with E-state index in [-0.39, 0.29) is 5.56 Å². The maximum Gasteiger partial charge on any atom is 0.338 e. The molecule has 4 heteroatoms. The molecule has 0 saturated carbocycles. The first kappa shape index (κ1) is 12.5. The third-order valence-corrected chi connectivity index (χ3v) is 3.98. The average Bonchev–Trinajstić information content (AvgIpc) is 2.42. The SMILES string of the molecule is CCCCCc1sc(Cl)c(C(=O)O)c1C. The Morgan fingerprint density at radius 1 is 1.47 bits per heavy atom. The normalized spacial score (nSPS) is 10.6. The molecule has 84 valence electrons. The molecule has 1 N–H and O–H groups in total. The van der Waals surface area contributed by atoms with E-state index < -0.39 is 5.97 Å². The van der Waals surface area contributed by atoms with Gasteiger partial charge < -0.3 is 5.11 Å². The van der Waals surface area contributed by atoms with Gasteiger partial charge in [0.1, 0.15) is 4.34 Å². The molecular formula is C11H15ClO2S. The van der Waals surface area contributed by atoms with E-state index in [1.807, 2.05) is 6.92 Å². The molecule has 0 amide bonds. The first-order chi connectivity index (χ1) is 7.07. The fourth-order valence-electron chi connectivity index (χ4n) is 1.54. The predicted molar refractivity (Wildman–Crippen MR) is 64.3 cm³/mol. The van der Waals surface area contributed by atoms with Crippen molar-refractivity contribution in [3.05, 3.63) is 20.3 Å². The molecule has 2 nitrogen and oxygen atoms in total. The minimum absolute atomic E-state index is 0.285. The molecule has 1 aromatic rings. The molecule has 1 rings (SSSR count). The van der Waals surface area contributed by atoms with E-state index >= 15 is 0 Å². The standard InChI is InChI=1S/C11H15ClO2S/c1-3-4-5-6-8-7(2)9(11(13)14)10(12)15-8/h3-6H2,1-2H3,(H,13,14). The van der Waals surface area contributed by atoms with Gasteiger partial charge in [0.2, 0.25) is 0 Å². The van der Waals surface area contributed by atoms with E-state index in [0.717, 1.165) is 23.3 Å². The number of unbranched alkanes of at least 4 members (excludes halogenated alkanes) is 2. The van der Waals surface area contributed by atoms with Crippen LogP contribution in [0.2, 0.25) is 4.34 Å². The number of aromatic carboxylic acids is 1. The summed E-state index contributed by atoms with van der Waals surface area (Å²) < 4.78 is 0.409. The molecule has 0 bridgehead atoms. The van der Waals surface area contributed by atoms with Gasteiger partial charge in [0.05, 0.1) is 5.56 Å². The van der Waals surface area contributed by atoms with Crippen molar-refractivity contribution in [3.8, 4) is 0 Å². The Bertz CT molecular complexity index is 358. The summed E-state index contributed by atoms with van der Waals surface area (Å²) in [6.45, 7) is 3.99. The van der Waals surface area contributed by atoms with Gasteiger partial charge in [-0.2, -0.15) is 0 Å². The van der Waals surface area contributed by atoms with Crippen LogP contribution in [0.25, 0.3) is 0 Å². The van der Waals surface area contributed by atoms with Crippen molar-refractivity contribution in [2.45, 2.75) is 39.5 Å². The minimum atomic E-state index is -0.921. The van der Waals surface area contributed by atoms with Crippen LogP contribution in [-0.4, -0.2) is 11.1 Å². The van der Waals surface area contributed by atoms with Crippen molar-refractivity contribution < 1.29 is 9.90 Å². The molecule has 1 heterocycles. The predicted octanol–water partition coefficient (Wildman–Crippen LogP) is 4.14. The number of aryl methyl sites for hydroxylation is 1. The summed E-state index contributed by atoms with van der Waals surface area (Å²) in [5.74, 6) is -0.921. The molecule has 0 atom stereocenters. The molecule has 0 radical (unpaired) electrons. The summed E-state index contributed by atoms with van der Waals surface area (Å²) in [6, 6.07) is 0. The highest BCUT2D eigenvalue weighted by Gasteiger charge is 2.18. The minimum Gasteiger partial charge on any atom is -0.478 e. The van der Waals surface area contributed by atoms with Crippen LogP contribution in [-0.2, 0) is 6.42 Å². The fourth-order valence-corrected chi connectivity index (χ4v) is 3.10. The summed E-state index contributed by atoms with van der Waals surface area (Å²) in [6.07, 6.45) is 4.39. The van der Waals surface area contributed by atoms with Gasteiger partial charge in [-0.3, -0.25) is 0 Å². The van der Waals surface area contributed by atoms with Crippen molar-refractivity contribution in [2.24, 2.45) is 0 Å². The quantitative estimate of drug-likeness (QED) is 0.793. The van der Waals surface area contributed by atoms with Gasteiger partial charge in [-0.15, -0.1) is 11.3 Å². The van der Waals surface area contributed by atoms with Gasteiger partial charge >= 0.3 is 5.97 Å². The second-order valence-corrected chi connectivity index (χ2v) is 5.27. The highest BCUT2D eigenvalue weighted by molar-refractivity contribution is 7.16. The molecular weight excluding hydrogens is 232 g/mol. The summed E-state index contributed by atoms with van der Waals surface area (Å²) in [7, 11) is 0. The maximum atomic E-state index is 10.9. The lowest BCUT2D eigenvalue weighted by Gasteiger charge is -1.98. The number of rotatable bonds is 5. The topological polar surface area (TPSA) is 37.3 Å². The summed E-state index contributed by atoms with van der Waals surface area (Å²) in [5, 5.41) is 8.95. The Kier molecular flexibility index (Phi) is 4.61. The van der Waals surface area contributed by atoms with E-state index in [1.54, 1.807) is 0 Å². The molecule has 1 aromatic heterocycles. The molecule has 15 heavy (non-hydrogen) atoms. The van der Waals surface area contributed by atoms with Gasteiger partial charge in [0.25, 0.3) is 0 Å². The van der Waals surface area contributed by atoms with E-state index in [4.69, 9.17) is 16.7 Å². The monoisotopic (exact) mass is 246 g/mol. The average molecular weight is 247 g/mol. The third kappa shape index (κ3) is 2.95. The highest BCUT2D eigenvalue weighted by atomic mass is 35.5. The number of carboxylic acid groups (broad SMARTS) is 1. The van der Waals surface area contributed by atoms with Crippen LogP contribution in [0.5, 0.6) is 0 Å². The fraction of sp³-hybridized carbons (Fsp3) is 0.545. The zero-order chi connectivity index (χ0) is 11.4. The molecule has 0 aliphatic rings. The summed E-state index contributed by atoms with van der Waals surface area (Å²) >= 11 is 7.30. The maximum absolute atomic E-state index is 10.9. The van der Waals surface area contributed by atoms with Crippen LogP contribution < -0.4 is 0 Å². The van der Waals surface area contributed by atoms with E-state index in [2.05, 4.69) is 6.92 Å². The van der Waals surface area contributed by atoms with Gasteiger partial charge in [-0.1, -0.05) is 31.4 Å². The number of thiophene rings is 1. The van der Waals surface area contributed by atoms with Crippen LogP contribution >= 0.6 is 22.9 Å². The van der Waals surface area contributed by atoms with E-state index in [0.29, 0.717) is 4.34 Å². The van der Waals surface area contributed by atoms with Crippen molar-refractivity contribution in [2.75, 3.05) is 0 Å². The van der Waals surface area contributed by atoms with E-state index in [9.17, 15) is 4.79 Å². The van der Waals surface area contributed by atoms with Crippen molar-refractivity contribution in [1.29, 1.82) is 0 Å². The number of carbonyl (C=O) groups is 1. The zero-order valence-corrected chi connectivity index (χ0v) is 10.5. The Hall–Kier alpha value is -0.540. The number of halogens is 1. The smallest absolute Gasteiger partial charge is 0.338 e. The largest absolute Gasteiger partial charge is 0.478 e. The molecule has 0 saturated heterocycles. The zero-order valence-electron chi connectivity index (χ0n) is 8.97. The van der Waals surface area contributed by atoms with Crippen LogP contribution in [0, 0.1) is 6.92 Å². The lowest BCUT2D eigenvalue weighted by molar-refractivity contribution is 0.0697. The molecule has 0 unspecified atom stereocenters. The van der Waals surface area contributed by atoms with Crippen molar-refractivity contribution >= 4 is 28.9 Å². The molecule has 0 aliphatic carbocycles. The summed E-state index contributed by atoms with van der Waals surface area (Å²) in [4.78, 5) is 12.0. The Labute approximate surface area is 98.9 Å². The number of hydrogen-bond acceptors (Lipinski definition) is 2.